The van der Waals surface area contributed by atoms with Crippen LogP contribution in [0.15, 0.2) is 48.7 Å². The second-order valence-electron chi connectivity index (χ2n) is 4.85. The van der Waals surface area contributed by atoms with Gasteiger partial charge in [-0.1, -0.05) is 30.3 Å². The third-order valence-corrected chi connectivity index (χ3v) is 3.05. The smallest absolute Gasteiger partial charge is 0.417 e. The van der Waals surface area contributed by atoms with Gasteiger partial charge in [-0.05, 0) is 17.7 Å². The van der Waals surface area contributed by atoms with Crippen LogP contribution in [0, 0.1) is 0 Å². The number of aliphatic hydroxyl groups is 1. The van der Waals surface area contributed by atoms with Crippen LogP contribution in [-0.4, -0.2) is 22.2 Å². The van der Waals surface area contributed by atoms with E-state index < -0.39 is 23.8 Å². The quantitative estimate of drug-likeness (QED) is 0.859. The zero-order valence-corrected chi connectivity index (χ0v) is 12.0. The average Bonchev–Trinajstić information content (AvgIpc) is 2.53. The molecule has 0 aliphatic heterocycles. The molecule has 0 bridgehead atoms. The van der Waals surface area contributed by atoms with E-state index in [0.717, 1.165) is 17.7 Å². The van der Waals surface area contributed by atoms with Gasteiger partial charge in [0.1, 0.15) is 6.61 Å². The van der Waals surface area contributed by atoms with Crippen molar-refractivity contribution in [1.29, 1.82) is 0 Å². The zero-order chi connectivity index (χ0) is 16.9. The fraction of sp³-hybridized carbons (Fsp3) is 0.250. The number of pyridine rings is 1. The summed E-state index contributed by atoms with van der Waals surface area (Å²) in [5, 5.41) is 9.74. The number of aliphatic hydroxyl groups excluding tert-OH is 1. The summed E-state index contributed by atoms with van der Waals surface area (Å²) in [5.74, 6) is -0.851. The van der Waals surface area contributed by atoms with E-state index in [9.17, 15) is 23.1 Å². The fourth-order valence-corrected chi connectivity index (χ4v) is 1.82. The van der Waals surface area contributed by atoms with Gasteiger partial charge < -0.3 is 9.84 Å². The van der Waals surface area contributed by atoms with Gasteiger partial charge in [0, 0.05) is 18.3 Å². The van der Waals surface area contributed by atoms with E-state index in [1.165, 1.54) is 0 Å². The third kappa shape index (κ3) is 5.07. The van der Waals surface area contributed by atoms with Crippen LogP contribution in [0.1, 0.15) is 16.8 Å². The Morgan fingerprint density at radius 3 is 2.43 bits per heavy atom. The maximum absolute atomic E-state index is 12.4. The molecular weight excluding hydrogens is 311 g/mol. The maximum atomic E-state index is 12.4. The van der Waals surface area contributed by atoms with Crippen LogP contribution < -0.4 is 0 Å². The van der Waals surface area contributed by atoms with Crippen LogP contribution in [0.3, 0.4) is 0 Å². The first-order chi connectivity index (χ1) is 10.9. The number of rotatable bonds is 5. The number of carbonyl (C=O) groups is 1. The van der Waals surface area contributed by atoms with E-state index in [1.54, 1.807) is 24.3 Å². The molecule has 1 N–H and O–H groups in total. The number of benzene rings is 1. The van der Waals surface area contributed by atoms with Crippen molar-refractivity contribution >= 4 is 5.97 Å². The van der Waals surface area contributed by atoms with Gasteiger partial charge in [0.25, 0.3) is 0 Å². The van der Waals surface area contributed by atoms with Crippen LogP contribution >= 0.6 is 0 Å². The highest BCUT2D eigenvalue weighted by atomic mass is 19.4. The van der Waals surface area contributed by atoms with Gasteiger partial charge in [-0.15, -0.1) is 0 Å². The summed E-state index contributed by atoms with van der Waals surface area (Å²) in [6.07, 6.45) is -5.51. The van der Waals surface area contributed by atoms with E-state index in [-0.39, 0.29) is 18.7 Å². The predicted molar refractivity (Wildman–Crippen MR) is 75.2 cm³/mol. The summed E-state index contributed by atoms with van der Waals surface area (Å²) in [5.41, 5.74) is 0.0465. The molecule has 1 atom stereocenters. The Morgan fingerprint density at radius 1 is 1.17 bits per heavy atom. The van der Waals surface area contributed by atoms with Crippen molar-refractivity contribution in [2.45, 2.75) is 25.3 Å². The van der Waals surface area contributed by atoms with Crippen molar-refractivity contribution in [2.75, 3.05) is 0 Å². The van der Waals surface area contributed by atoms with Gasteiger partial charge in [-0.3, -0.25) is 4.98 Å². The molecule has 0 amide bonds. The first-order valence-electron chi connectivity index (χ1n) is 6.77. The number of hydrogen-bond donors (Lipinski definition) is 1. The number of hydrogen-bond acceptors (Lipinski definition) is 4. The molecule has 4 nitrogen and oxygen atoms in total. The van der Waals surface area contributed by atoms with E-state index in [2.05, 4.69) is 4.98 Å². The highest BCUT2D eigenvalue weighted by Gasteiger charge is 2.30. The zero-order valence-electron chi connectivity index (χ0n) is 12.0. The number of nitrogens with zero attached hydrogens (tertiary/aromatic N) is 1. The van der Waals surface area contributed by atoms with Crippen molar-refractivity contribution < 1.29 is 27.8 Å². The van der Waals surface area contributed by atoms with Crippen molar-refractivity contribution in [3.8, 4) is 0 Å². The lowest BCUT2D eigenvalue weighted by atomic mass is 10.1. The van der Waals surface area contributed by atoms with Crippen LogP contribution in [0.4, 0.5) is 13.2 Å². The molecule has 0 aliphatic rings. The van der Waals surface area contributed by atoms with E-state index in [4.69, 9.17) is 4.74 Å². The number of esters is 1. The lowest BCUT2D eigenvalue weighted by molar-refractivity contribution is -0.154. The summed E-state index contributed by atoms with van der Waals surface area (Å²) in [6.45, 7) is 0.0111. The molecule has 0 unspecified atom stereocenters. The standard InChI is InChI=1S/C16H14F3NO3/c17-16(18,19)12-6-7-13(20-9-12)8-14(21)15(22)23-10-11-4-2-1-3-5-11/h1-7,9,14,21H,8,10H2/t14-/m1/s1. The largest absolute Gasteiger partial charge is 0.459 e. The predicted octanol–water partition coefficient (Wildman–Crippen LogP) is 2.75. The SMILES string of the molecule is O=C(OCc1ccccc1)[C@H](O)Cc1ccc(C(F)(F)F)cn1. The topological polar surface area (TPSA) is 59.4 Å². The molecule has 0 fully saturated rings. The van der Waals surface area contributed by atoms with Crippen LogP contribution in [0.2, 0.25) is 0 Å². The van der Waals surface area contributed by atoms with Crippen LogP contribution in [0.25, 0.3) is 0 Å². The highest BCUT2D eigenvalue weighted by Crippen LogP contribution is 2.28. The number of ether oxygens (including phenoxy) is 1. The Kier molecular flexibility index (Phi) is 5.33. The minimum Gasteiger partial charge on any atom is -0.459 e. The first-order valence-corrected chi connectivity index (χ1v) is 6.77. The first kappa shape index (κ1) is 17.0. The Balaban J connectivity index is 1.88. The second-order valence-corrected chi connectivity index (χ2v) is 4.85. The third-order valence-electron chi connectivity index (χ3n) is 3.05. The number of alkyl halides is 3. The normalized spacial score (nSPS) is 12.7. The summed E-state index contributed by atoms with van der Waals surface area (Å²) in [6, 6.07) is 10.9. The molecule has 122 valence electrons. The Bertz CT molecular complexity index is 642. The van der Waals surface area contributed by atoms with Gasteiger partial charge in [0.05, 0.1) is 5.56 Å². The second kappa shape index (κ2) is 7.23. The average molecular weight is 325 g/mol. The van der Waals surface area contributed by atoms with Crippen molar-refractivity contribution in [2.24, 2.45) is 0 Å². The summed E-state index contributed by atoms with van der Waals surface area (Å²) < 4.78 is 42.2. The van der Waals surface area contributed by atoms with Gasteiger partial charge in [-0.2, -0.15) is 13.2 Å². The van der Waals surface area contributed by atoms with E-state index in [1.807, 2.05) is 6.07 Å². The van der Waals surface area contributed by atoms with Crippen molar-refractivity contribution in [1.82, 2.24) is 4.98 Å². The molecule has 0 saturated heterocycles. The van der Waals surface area contributed by atoms with Crippen molar-refractivity contribution in [3.05, 3.63) is 65.5 Å². The lowest BCUT2D eigenvalue weighted by Gasteiger charge is -2.11. The summed E-state index contributed by atoms with van der Waals surface area (Å²) >= 11 is 0. The molecule has 0 saturated carbocycles. The van der Waals surface area contributed by atoms with E-state index >= 15 is 0 Å². The molecule has 0 spiro atoms. The molecule has 0 radical (unpaired) electrons. The monoisotopic (exact) mass is 325 g/mol. The molecular formula is C16H14F3NO3. The lowest BCUT2D eigenvalue weighted by Crippen LogP contribution is -2.25. The summed E-state index contributed by atoms with van der Waals surface area (Å²) in [4.78, 5) is 15.3. The number of aromatic nitrogens is 1. The molecule has 23 heavy (non-hydrogen) atoms. The Hall–Kier alpha value is -2.41. The highest BCUT2D eigenvalue weighted by molar-refractivity contribution is 5.74. The maximum Gasteiger partial charge on any atom is 0.417 e. The summed E-state index contributed by atoms with van der Waals surface area (Å²) in [7, 11) is 0. The molecule has 2 rings (SSSR count). The minimum absolute atomic E-state index is 0.0111. The van der Waals surface area contributed by atoms with Crippen LogP contribution in [-0.2, 0) is 28.7 Å². The Labute approximate surface area is 130 Å². The van der Waals surface area contributed by atoms with Gasteiger partial charge in [-0.25, -0.2) is 4.79 Å². The molecule has 1 heterocycles. The Morgan fingerprint density at radius 2 is 1.87 bits per heavy atom. The van der Waals surface area contributed by atoms with Gasteiger partial charge in [0.2, 0.25) is 0 Å². The van der Waals surface area contributed by atoms with Gasteiger partial charge in [0.15, 0.2) is 6.10 Å². The van der Waals surface area contributed by atoms with Crippen LogP contribution in [0.5, 0.6) is 0 Å². The molecule has 0 aliphatic carbocycles. The molecule has 2 aromatic rings. The fourth-order valence-electron chi connectivity index (χ4n) is 1.82. The van der Waals surface area contributed by atoms with E-state index in [0.29, 0.717) is 6.20 Å². The number of halogens is 3. The minimum atomic E-state index is -4.47. The van der Waals surface area contributed by atoms with Crippen molar-refractivity contribution in [3.63, 3.8) is 0 Å². The molecule has 1 aromatic heterocycles. The molecule has 1 aromatic carbocycles. The van der Waals surface area contributed by atoms with Gasteiger partial charge >= 0.3 is 12.1 Å². The number of carbonyl (C=O) groups excluding carboxylic acids is 1. The molecule has 7 heteroatoms.